The summed E-state index contributed by atoms with van der Waals surface area (Å²) < 4.78 is 16.8. The van der Waals surface area contributed by atoms with E-state index >= 15 is 0 Å². The van der Waals surface area contributed by atoms with Crippen molar-refractivity contribution in [1.82, 2.24) is 0 Å². The molecule has 0 unspecified atom stereocenters. The van der Waals surface area contributed by atoms with Gasteiger partial charge in [-0.2, -0.15) is 0 Å². The summed E-state index contributed by atoms with van der Waals surface area (Å²) in [4.78, 5) is 38.1. The van der Waals surface area contributed by atoms with Gasteiger partial charge in [0, 0.05) is 19.3 Å². The minimum atomic E-state index is -0.790. The van der Waals surface area contributed by atoms with Crippen LogP contribution in [0, 0.1) is 0 Å². The van der Waals surface area contributed by atoms with E-state index in [9.17, 15) is 14.4 Å². The highest BCUT2D eigenvalue weighted by atomic mass is 16.6. The predicted octanol–water partition coefficient (Wildman–Crippen LogP) is 18.3. The molecule has 0 radical (unpaired) electrons. The molecule has 0 aromatic rings. The molecule has 6 nitrogen and oxygen atoms in total. The third-order valence-corrected chi connectivity index (χ3v) is 12.1. The van der Waals surface area contributed by atoms with Gasteiger partial charge in [-0.3, -0.25) is 14.4 Å². The molecule has 0 saturated heterocycles. The second kappa shape index (κ2) is 53.0. The largest absolute Gasteiger partial charge is 0.462 e. The molecule has 1 atom stereocenters. The summed E-state index contributed by atoms with van der Waals surface area (Å²) in [5.74, 6) is -0.913. The molecule has 0 N–H and O–H groups in total. The van der Waals surface area contributed by atoms with Crippen LogP contribution in [0.3, 0.4) is 0 Å². The summed E-state index contributed by atoms with van der Waals surface area (Å²) in [5, 5.41) is 0. The number of hydrogen-bond acceptors (Lipinski definition) is 6. The Labute approximate surface area is 397 Å². The zero-order valence-electron chi connectivity index (χ0n) is 42.6. The standard InChI is InChI=1S/C58H104O6/c1-4-7-10-13-16-19-22-25-28-31-33-36-39-42-45-48-51-57(60)63-54-55(64-58(61)52-49-46-43-40-37-34-30-27-24-21-18-15-12-9-6-3)53-62-56(59)50-47-44-41-38-35-32-29-26-23-20-17-14-11-8-5-2/h9,12,18,21,27,30,37,40,55H,4-8,10-11,13-17,19-20,22-26,28-29,31-36,38-39,41-54H2,1-3H3/b12-9-,21-18-,30-27-,40-37-/t55-/m1/s1. The number of esters is 3. The Kier molecular flexibility index (Phi) is 50.8. The Bertz CT molecular complexity index is 1120. The van der Waals surface area contributed by atoms with Gasteiger partial charge in [0.05, 0.1) is 0 Å². The van der Waals surface area contributed by atoms with Crippen LogP contribution in [0.2, 0.25) is 0 Å². The lowest BCUT2D eigenvalue weighted by Gasteiger charge is -2.18. The van der Waals surface area contributed by atoms with Crippen LogP contribution in [0.25, 0.3) is 0 Å². The maximum absolute atomic E-state index is 12.8. The van der Waals surface area contributed by atoms with Crippen molar-refractivity contribution in [3.8, 4) is 0 Å². The van der Waals surface area contributed by atoms with Crippen LogP contribution in [0.15, 0.2) is 48.6 Å². The zero-order valence-corrected chi connectivity index (χ0v) is 42.6. The first kappa shape index (κ1) is 61.4. The molecule has 0 spiro atoms. The SMILES string of the molecule is CC/C=C\C/C=C\C/C=C\C/C=C\CCCCC(=O)O[C@H](COC(=O)CCCCCCCCCCCCCCCCC)COC(=O)CCCCCCCCCCCCCCCCCC. The van der Waals surface area contributed by atoms with Gasteiger partial charge >= 0.3 is 17.9 Å². The normalized spacial score (nSPS) is 12.4. The molecule has 0 rings (SSSR count). The second-order valence-electron chi connectivity index (χ2n) is 18.5. The lowest BCUT2D eigenvalue weighted by atomic mass is 10.0. The first-order valence-corrected chi connectivity index (χ1v) is 27.6. The Balaban J connectivity index is 4.40. The lowest BCUT2D eigenvalue weighted by Crippen LogP contribution is -2.30. The molecule has 0 aromatic heterocycles. The van der Waals surface area contributed by atoms with Gasteiger partial charge in [0.2, 0.25) is 0 Å². The molecule has 64 heavy (non-hydrogen) atoms. The summed E-state index contributed by atoms with van der Waals surface area (Å²) in [6, 6.07) is 0. The van der Waals surface area contributed by atoms with Crippen LogP contribution in [-0.4, -0.2) is 37.2 Å². The molecule has 0 bridgehead atoms. The van der Waals surface area contributed by atoms with Gasteiger partial charge in [0.15, 0.2) is 6.10 Å². The third-order valence-electron chi connectivity index (χ3n) is 12.1. The average molecular weight is 897 g/mol. The summed E-state index contributed by atoms with van der Waals surface area (Å²) >= 11 is 0. The summed E-state index contributed by atoms with van der Waals surface area (Å²) in [6.07, 6.45) is 63.8. The van der Waals surface area contributed by atoms with Crippen molar-refractivity contribution in [1.29, 1.82) is 0 Å². The van der Waals surface area contributed by atoms with Crippen molar-refractivity contribution in [2.24, 2.45) is 0 Å². The molecule has 0 aliphatic carbocycles. The van der Waals surface area contributed by atoms with E-state index in [0.717, 1.165) is 77.0 Å². The maximum Gasteiger partial charge on any atom is 0.306 e. The molecule has 6 heteroatoms. The van der Waals surface area contributed by atoms with Gasteiger partial charge < -0.3 is 14.2 Å². The third kappa shape index (κ3) is 50.4. The topological polar surface area (TPSA) is 78.9 Å². The molecule has 0 fully saturated rings. The Morgan fingerprint density at radius 3 is 0.953 bits per heavy atom. The first-order valence-electron chi connectivity index (χ1n) is 27.6. The van der Waals surface area contributed by atoms with Gasteiger partial charge in [-0.25, -0.2) is 0 Å². The highest BCUT2D eigenvalue weighted by molar-refractivity contribution is 5.71. The predicted molar refractivity (Wildman–Crippen MR) is 275 cm³/mol. The van der Waals surface area contributed by atoms with Crippen molar-refractivity contribution < 1.29 is 28.6 Å². The molecule has 0 heterocycles. The number of rotatable bonds is 50. The van der Waals surface area contributed by atoms with E-state index in [0.29, 0.717) is 19.3 Å². The van der Waals surface area contributed by atoms with E-state index in [1.165, 1.54) is 161 Å². The van der Waals surface area contributed by atoms with Crippen LogP contribution >= 0.6 is 0 Å². The van der Waals surface area contributed by atoms with Crippen molar-refractivity contribution in [2.75, 3.05) is 13.2 Å². The van der Waals surface area contributed by atoms with Gasteiger partial charge in [-0.15, -0.1) is 0 Å². The number of ether oxygens (including phenoxy) is 3. The molecule has 0 saturated carbocycles. The van der Waals surface area contributed by atoms with Crippen molar-refractivity contribution in [3.05, 3.63) is 48.6 Å². The maximum atomic E-state index is 12.8. The Morgan fingerprint density at radius 2 is 0.609 bits per heavy atom. The van der Waals surface area contributed by atoms with Gasteiger partial charge in [-0.05, 0) is 57.8 Å². The Hall–Kier alpha value is -2.63. The summed E-state index contributed by atoms with van der Waals surface area (Å²) in [5.41, 5.74) is 0. The van der Waals surface area contributed by atoms with E-state index in [1.54, 1.807) is 0 Å². The second-order valence-corrected chi connectivity index (χ2v) is 18.5. The van der Waals surface area contributed by atoms with Crippen molar-refractivity contribution in [3.63, 3.8) is 0 Å². The first-order chi connectivity index (χ1) is 31.5. The highest BCUT2D eigenvalue weighted by Crippen LogP contribution is 2.16. The van der Waals surface area contributed by atoms with Gasteiger partial charge in [0.25, 0.3) is 0 Å². The quantitative estimate of drug-likeness (QED) is 0.0262. The van der Waals surface area contributed by atoms with Crippen LogP contribution < -0.4 is 0 Å². The molecule has 372 valence electrons. The molecule has 0 aliphatic heterocycles. The fourth-order valence-electron chi connectivity index (χ4n) is 7.96. The van der Waals surface area contributed by atoms with Gasteiger partial charge in [0.1, 0.15) is 13.2 Å². The smallest absolute Gasteiger partial charge is 0.306 e. The number of allylic oxidation sites excluding steroid dienone is 8. The number of carbonyl (C=O) groups is 3. The molecular formula is C58H104O6. The number of hydrogen-bond donors (Lipinski definition) is 0. The van der Waals surface area contributed by atoms with E-state index in [-0.39, 0.29) is 37.5 Å². The molecular weight excluding hydrogens is 793 g/mol. The molecule has 0 amide bonds. The minimum absolute atomic E-state index is 0.0857. The molecule has 0 aliphatic rings. The fraction of sp³-hybridized carbons (Fsp3) is 0.810. The average Bonchev–Trinajstić information content (AvgIpc) is 3.29. The lowest BCUT2D eigenvalue weighted by molar-refractivity contribution is -0.167. The monoisotopic (exact) mass is 897 g/mol. The Morgan fingerprint density at radius 1 is 0.328 bits per heavy atom. The number of unbranched alkanes of at least 4 members (excludes halogenated alkanes) is 31. The van der Waals surface area contributed by atoms with Crippen LogP contribution in [-0.2, 0) is 28.6 Å². The summed E-state index contributed by atoms with van der Waals surface area (Å²) in [6.45, 7) is 6.52. The van der Waals surface area contributed by atoms with Gasteiger partial charge in [-0.1, -0.05) is 256 Å². The zero-order chi connectivity index (χ0) is 46.5. The summed E-state index contributed by atoms with van der Waals surface area (Å²) in [7, 11) is 0. The van der Waals surface area contributed by atoms with E-state index in [2.05, 4.69) is 69.4 Å². The number of carbonyl (C=O) groups excluding carboxylic acids is 3. The fourth-order valence-corrected chi connectivity index (χ4v) is 7.96. The van der Waals surface area contributed by atoms with Crippen LogP contribution in [0.5, 0.6) is 0 Å². The molecule has 0 aromatic carbocycles. The van der Waals surface area contributed by atoms with E-state index in [4.69, 9.17) is 14.2 Å². The van der Waals surface area contributed by atoms with Crippen molar-refractivity contribution in [2.45, 2.75) is 290 Å². The van der Waals surface area contributed by atoms with E-state index in [1.807, 2.05) is 0 Å². The van der Waals surface area contributed by atoms with Crippen molar-refractivity contribution >= 4 is 17.9 Å². The highest BCUT2D eigenvalue weighted by Gasteiger charge is 2.19. The van der Waals surface area contributed by atoms with Crippen LogP contribution in [0.1, 0.15) is 284 Å². The van der Waals surface area contributed by atoms with Crippen LogP contribution in [0.4, 0.5) is 0 Å². The minimum Gasteiger partial charge on any atom is -0.462 e. The van der Waals surface area contributed by atoms with E-state index < -0.39 is 6.10 Å².